The van der Waals surface area contributed by atoms with Crippen LogP contribution in [-0.4, -0.2) is 35.6 Å². The third-order valence-electron chi connectivity index (χ3n) is 4.92. The lowest BCUT2D eigenvalue weighted by molar-refractivity contribution is 0.243. The molecule has 0 aliphatic carbocycles. The van der Waals surface area contributed by atoms with Crippen LogP contribution in [0.1, 0.15) is 16.8 Å². The van der Waals surface area contributed by atoms with Crippen LogP contribution in [-0.2, 0) is 19.5 Å². The first-order valence-corrected chi connectivity index (χ1v) is 9.82. The Labute approximate surface area is 175 Å². The molecule has 7 heteroatoms. The summed E-state index contributed by atoms with van der Waals surface area (Å²) in [7, 11) is 3.26. The highest BCUT2D eigenvalue weighted by molar-refractivity contribution is 6.30. The molecule has 2 heterocycles. The fourth-order valence-electron chi connectivity index (χ4n) is 3.47. The van der Waals surface area contributed by atoms with Crippen LogP contribution in [0.2, 0.25) is 5.02 Å². The zero-order valence-electron chi connectivity index (χ0n) is 16.5. The molecule has 1 aliphatic rings. The van der Waals surface area contributed by atoms with Crippen molar-refractivity contribution in [2.45, 2.75) is 19.5 Å². The number of rotatable bonds is 6. The lowest BCUT2D eigenvalue weighted by Gasteiger charge is -2.28. The van der Waals surface area contributed by atoms with E-state index in [1.807, 2.05) is 42.6 Å². The summed E-state index contributed by atoms with van der Waals surface area (Å²) in [6.45, 7) is 2.64. The minimum absolute atomic E-state index is 0.572. The number of ether oxygens (including phenoxy) is 2. The van der Waals surface area contributed by atoms with Crippen LogP contribution in [0.15, 0.2) is 48.7 Å². The molecule has 0 atom stereocenters. The summed E-state index contributed by atoms with van der Waals surface area (Å²) in [6, 6.07) is 13.6. The van der Waals surface area contributed by atoms with Crippen LogP contribution in [0, 0.1) is 0 Å². The maximum absolute atomic E-state index is 6.10. The average Bonchev–Trinajstić information content (AvgIpc) is 2.73. The van der Waals surface area contributed by atoms with Crippen LogP contribution in [0.25, 0.3) is 0 Å². The average molecular weight is 411 g/mol. The molecule has 1 aliphatic heterocycles. The second kappa shape index (κ2) is 8.68. The molecule has 3 aromatic rings. The molecule has 0 saturated carbocycles. The van der Waals surface area contributed by atoms with Gasteiger partial charge in [-0.2, -0.15) is 0 Å². The smallest absolute Gasteiger partial charge is 0.227 e. The number of methoxy groups -OCH3 is 2. The molecular formula is C22H23ClN4O2. The minimum atomic E-state index is 0.572. The van der Waals surface area contributed by atoms with Gasteiger partial charge in [-0.25, -0.2) is 9.97 Å². The maximum atomic E-state index is 6.10. The van der Waals surface area contributed by atoms with Crippen molar-refractivity contribution in [3.63, 3.8) is 0 Å². The summed E-state index contributed by atoms with van der Waals surface area (Å²) in [5.74, 6) is 1.99. The number of benzene rings is 2. The molecule has 29 heavy (non-hydrogen) atoms. The van der Waals surface area contributed by atoms with Gasteiger partial charge < -0.3 is 14.8 Å². The van der Waals surface area contributed by atoms with E-state index >= 15 is 0 Å². The zero-order valence-corrected chi connectivity index (χ0v) is 17.2. The molecule has 0 bridgehead atoms. The third kappa shape index (κ3) is 4.78. The van der Waals surface area contributed by atoms with E-state index in [0.717, 1.165) is 48.0 Å². The van der Waals surface area contributed by atoms with E-state index in [9.17, 15) is 0 Å². The summed E-state index contributed by atoms with van der Waals surface area (Å²) in [5, 5.41) is 4.02. The zero-order chi connectivity index (χ0) is 20.2. The molecule has 0 radical (unpaired) electrons. The van der Waals surface area contributed by atoms with Crippen LogP contribution < -0.4 is 14.8 Å². The van der Waals surface area contributed by atoms with E-state index < -0.39 is 0 Å². The van der Waals surface area contributed by atoms with Gasteiger partial charge in [-0.05, 0) is 17.7 Å². The molecular weight excluding hydrogens is 388 g/mol. The van der Waals surface area contributed by atoms with Crippen molar-refractivity contribution >= 4 is 23.2 Å². The van der Waals surface area contributed by atoms with Gasteiger partial charge >= 0.3 is 0 Å². The Kier molecular flexibility index (Phi) is 5.83. The van der Waals surface area contributed by atoms with Crippen LogP contribution >= 0.6 is 11.6 Å². The van der Waals surface area contributed by atoms with Crippen molar-refractivity contribution in [1.29, 1.82) is 0 Å². The first kappa shape index (κ1) is 19.5. The third-order valence-corrected chi connectivity index (χ3v) is 5.15. The summed E-state index contributed by atoms with van der Waals surface area (Å²) in [6.07, 6.45) is 2.79. The largest absolute Gasteiger partial charge is 0.497 e. The van der Waals surface area contributed by atoms with Crippen LogP contribution in [0.5, 0.6) is 11.5 Å². The predicted octanol–water partition coefficient (Wildman–Crippen LogP) is 4.45. The van der Waals surface area contributed by atoms with Crippen molar-refractivity contribution in [2.75, 3.05) is 26.1 Å². The highest BCUT2D eigenvalue weighted by Gasteiger charge is 2.19. The lowest BCUT2D eigenvalue weighted by atomic mass is 10.1. The quantitative estimate of drug-likeness (QED) is 0.647. The Hall–Kier alpha value is -2.83. The Bertz CT molecular complexity index is 990. The number of halogens is 1. The second-order valence-corrected chi connectivity index (χ2v) is 7.42. The molecule has 0 fully saturated rings. The number of anilines is 2. The molecule has 1 aromatic heterocycles. The van der Waals surface area contributed by atoms with Gasteiger partial charge in [0.25, 0.3) is 0 Å². The fraction of sp³-hybridized carbons (Fsp3) is 0.273. The van der Waals surface area contributed by atoms with Gasteiger partial charge in [-0.15, -0.1) is 0 Å². The van der Waals surface area contributed by atoms with E-state index in [1.54, 1.807) is 14.2 Å². The van der Waals surface area contributed by atoms with Gasteiger partial charge in [0.05, 0.1) is 19.9 Å². The molecule has 2 aromatic carbocycles. The predicted molar refractivity (Wildman–Crippen MR) is 114 cm³/mol. The van der Waals surface area contributed by atoms with E-state index in [-0.39, 0.29) is 0 Å². The number of nitrogens with one attached hydrogen (secondary N) is 1. The molecule has 0 saturated heterocycles. The highest BCUT2D eigenvalue weighted by Crippen LogP contribution is 2.28. The van der Waals surface area contributed by atoms with Crippen LogP contribution in [0.3, 0.4) is 0 Å². The Morgan fingerprint density at radius 1 is 1.10 bits per heavy atom. The molecule has 1 N–H and O–H groups in total. The summed E-state index contributed by atoms with van der Waals surface area (Å²) < 4.78 is 10.6. The topological polar surface area (TPSA) is 59.5 Å². The molecule has 0 spiro atoms. The number of nitrogens with zero attached hydrogens (tertiary/aromatic N) is 3. The Balaban J connectivity index is 1.46. The van der Waals surface area contributed by atoms with Gasteiger partial charge in [-0.3, -0.25) is 4.90 Å². The normalized spacial score (nSPS) is 13.6. The molecule has 6 nitrogen and oxygen atoms in total. The van der Waals surface area contributed by atoms with Crippen molar-refractivity contribution in [3.05, 3.63) is 70.5 Å². The van der Waals surface area contributed by atoms with Gasteiger partial charge in [0.2, 0.25) is 5.95 Å². The highest BCUT2D eigenvalue weighted by atomic mass is 35.5. The van der Waals surface area contributed by atoms with Gasteiger partial charge in [0.15, 0.2) is 0 Å². The monoisotopic (exact) mass is 410 g/mol. The van der Waals surface area contributed by atoms with Crippen molar-refractivity contribution < 1.29 is 9.47 Å². The number of fused-ring (bicyclic) bond motifs is 1. The SMILES string of the molecule is COc1cc(Nc2ncc3c(n2)CCN(Cc2cccc(Cl)c2)C3)cc(OC)c1. The van der Waals surface area contributed by atoms with Crippen molar-refractivity contribution in [1.82, 2.24) is 14.9 Å². The van der Waals surface area contributed by atoms with E-state index in [2.05, 4.69) is 21.3 Å². The fourth-order valence-corrected chi connectivity index (χ4v) is 3.68. The first-order valence-electron chi connectivity index (χ1n) is 9.44. The minimum Gasteiger partial charge on any atom is -0.497 e. The number of hydrogen-bond acceptors (Lipinski definition) is 6. The first-order chi connectivity index (χ1) is 14.1. The Morgan fingerprint density at radius 3 is 2.62 bits per heavy atom. The van der Waals surface area contributed by atoms with Crippen molar-refractivity contribution in [2.24, 2.45) is 0 Å². The number of aromatic nitrogens is 2. The second-order valence-electron chi connectivity index (χ2n) is 6.98. The van der Waals surface area contributed by atoms with Gasteiger partial charge in [0, 0.05) is 66.7 Å². The number of hydrogen-bond donors (Lipinski definition) is 1. The van der Waals surface area contributed by atoms with Gasteiger partial charge in [-0.1, -0.05) is 23.7 Å². The lowest BCUT2D eigenvalue weighted by Crippen LogP contribution is -2.31. The Morgan fingerprint density at radius 2 is 1.90 bits per heavy atom. The molecule has 0 amide bonds. The summed E-state index contributed by atoms with van der Waals surface area (Å²) in [4.78, 5) is 11.6. The standard InChI is InChI=1S/C22H23ClN4O2/c1-28-19-9-18(10-20(11-19)29-2)25-22-24-12-16-14-27(7-6-21(16)26-22)13-15-4-3-5-17(23)8-15/h3-5,8-12H,6-7,13-14H2,1-2H3,(H,24,25,26). The molecule has 0 unspecified atom stereocenters. The summed E-state index contributed by atoms with van der Waals surface area (Å²) in [5.41, 5.74) is 4.28. The van der Waals surface area contributed by atoms with Crippen molar-refractivity contribution in [3.8, 4) is 11.5 Å². The van der Waals surface area contributed by atoms with E-state index in [1.165, 1.54) is 5.56 Å². The molecule has 4 rings (SSSR count). The van der Waals surface area contributed by atoms with E-state index in [4.69, 9.17) is 26.1 Å². The van der Waals surface area contributed by atoms with Crippen LogP contribution in [0.4, 0.5) is 11.6 Å². The molecule has 150 valence electrons. The maximum Gasteiger partial charge on any atom is 0.227 e. The summed E-state index contributed by atoms with van der Waals surface area (Å²) >= 11 is 6.10. The van der Waals surface area contributed by atoms with Gasteiger partial charge in [0.1, 0.15) is 11.5 Å². The van der Waals surface area contributed by atoms with E-state index in [0.29, 0.717) is 17.4 Å².